The molecular weight excluding hydrogens is 353 g/mol. The van der Waals surface area contributed by atoms with Gasteiger partial charge in [-0.15, -0.1) is 0 Å². The molecule has 3 aromatic heterocycles. The summed E-state index contributed by atoms with van der Waals surface area (Å²) in [4.78, 5) is 28.7. The summed E-state index contributed by atoms with van der Waals surface area (Å²) >= 11 is 0. The van der Waals surface area contributed by atoms with Crippen molar-refractivity contribution < 1.29 is 22.5 Å². The van der Waals surface area contributed by atoms with E-state index in [1.165, 1.54) is 35.6 Å². The Hall–Kier alpha value is -3.37. The van der Waals surface area contributed by atoms with Crippen LogP contribution in [0.4, 0.5) is 13.2 Å². The molecule has 0 aliphatic heterocycles. The molecule has 26 heavy (non-hydrogen) atoms. The molecule has 0 atom stereocenters. The Kier molecular flexibility index (Phi) is 4.36. The summed E-state index contributed by atoms with van der Waals surface area (Å²) in [5.74, 6) is -1.97. The smallest absolute Gasteiger partial charge is 0.343 e. The Morgan fingerprint density at radius 1 is 1.12 bits per heavy atom. The van der Waals surface area contributed by atoms with Crippen LogP contribution in [0.1, 0.15) is 16.4 Å². The molecule has 1 amide bonds. The van der Waals surface area contributed by atoms with Crippen molar-refractivity contribution in [2.24, 2.45) is 0 Å². The van der Waals surface area contributed by atoms with E-state index in [0.717, 1.165) is 0 Å². The van der Waals surface area contributed by atoms with E-state index < -0.39 is 12.1 Å². The SMILES string of the molecule is CN(C)C(=O)c1cnc(-c2cc(-c3noc(C(F)(F)F)n3)ccn2)cn1. The highest BCUT2D eigenvalue weighted by Crippen LogP contribution is 2.29. The minimum Gasteiger partial charge on any atom is -0.343 e. The topological polar surface area (TPSA) is 97.9 Å². The Morgan fingerprint density at radius 2 is 1.88 bits per heavy atom. The van der Waals surface area contributed by atoms with Crippen LogP contribution in [-0.4, -0.2) is 50.0 Å². The fourth-order valence-electron chi connectivity index (χ4n) is 1.97. The zero-order valence-electron chi connectivity index (χ0n) is 13.5. The van der Waals surface area contributed by atoms with E-state index >= 15 is 0 Å². The third kappa shape index (κ3) is 3.50. The molecule has 3 heterocycles. The molecule has 0 aliphatic rings. The number of carbonyl (C=O) groups excluding carboxylic acids is 1. The lowest BCUT2D eigenvalue weighted by atomic mass is 10.2. The third-order valence-electron chi connectivity index (χ3n) is 3.23. The average molecular weight is 364 g/mol. The molecule has 0 unspecified atom stereocenters. The maximum absolute atomic E-state index is 12.6. The van der Waals surface area contributed by atoms with Crippen molar-refractivity contribution in [3.05, 3.63) is 42.3 Å². The van der Waals surface area contributed by atoms with Crippen LogP contribution in [-0.2, 0) is 6.18 Å². The molecule has 0 fully saturated rings. The van der Waals surface area contributed by atoms with Gasteiger partial charge in [-0.2, -0.15) is 18.2 Å². The zero-order valence-corrected chi connectivity index (χ0v) is 13.5. The van der Waals surface area contributed by atoms with Crippen LogP contribution in [0.25, 0.3) is 22.8 Å². The molecule has 134 valence electrons. The highest BCUT2D eigenvalue weighted by Gasteiger charge is 2.38. The van der Waals surface area contributed by atoms with Gasteiger partial charge in [-0.25, -0.2) is 4.98 Å². The lowest BCUT2D eigenvalue weighted by Gasteiger charge is -2.09. The first kappa shape index (κ1) is 17.5. The predicted molar refractivity (Wildman–Crippen MR) is 81.6 cm³/mol. The fraction of sp³-hybridized carbons (Fsp3) is 0.200. The molecule has 0 spiro atoms. The van der Waals surface area contributed by atoms with Gasteiger partial charge in [0.1, 0.15) is 11.4 Å². The highest BCUT2D eigenvalue weighted by atomic mass is 19.4. The van der Waals surface area contributed by atoms with Crippen LogP contribution >= 0.6 is 0 Å². The Bertz CT molecular complexity index is 937. The number of hydrogen-bond donors (Lipinski definition) is 0. The van der Waals surface area contributed by atoms with Gasteiger partial charge >= 0.3 is 12.1 Å². The summed E-state index contributed by atoms with van der Waals surface area (Å²) in [6.07, 6.45) is -0.710. The number of nitrogens with zero attached hydrogens (tertiary/aromatic N) is 6. The van der Waals surface area contributed by atoms with Gasteiger partial charge in [0, 0.05) is 25.9 Å². The van der Waals surface area contributed by atoms with E-state index in [1.807, 2.05) is 0 Å². The lowest BCUT2D eigenvalue weighted by molar-refractivity contribution is -0.159. The van der Waals surface area contributed by atoms with E-state index in [0.29, 0.717) is 11.4 Å². The highest BCUT2D eigenvalue weighted by molar-refractivity contribution is 5.91. The predicted octanol–water partition coefficient (Wildman–Crippen LogP) is 2.31. The molecule has 0 aromatic carbocycles. The Balaban J connectivity index is 1.90. The van der Waals surface area contributed by atoms with Crippen molar-refractivity contribution in [3.63, 3.8) is 0 Å². The second-order valence-corrected chi connectivity index (χ2v) is 5.34. The van der Waals surface area contributed by atoms with Crippen LogP contribution in [0.2, 0.25) is 0 Å². The standard InChI is InChI=1S/C15H11F3N6O2/c1-24(2)13(25)11-7-20-10(6-21-11)9-5-8(3-4-19-9)12-22-14(26-23-12)15(16,17)18/h3-7H,1-2H3. The third-order valence-corrected chi connectivity index (χ3v) is 3.23. The zero-order chi connectivity index (χ0) is 18.9. The summed E-state index contributed by atoms with van der Waals surface area (Å²) in [6, 6.07) is 2.88. The van der Waals surface area contributed by atoms with Gasteiger partial charge in [-0.3, -0.25) is 14.8 Å². The van der Waals surface area contributed by atoms with Crippen molar-refractivity contribution >= 4 is 5.91 Å². The monoisotopic (exact) mass is 364 g/mol. The van der Waals surface area contributed by atoms with Crippen molar-refractivity contribution in [2.45, 2.75) is 6.18 Å². The van der Waals surface area contributed by atoms with Gasteiger partial charge in [0.15, 0.2) is 0 Å². The Morgan fingerprint density at radius 3 is 2.46 bits per heavy atom. The van der Waals surface area contributed by atoms with E-state index in [4.69, 9.17) is 0 Å². The summed E-state index contributed by atoms with van der Waals surface area (Å²) in [7, 11) is 3.17. The van der Waals surface area contributed by atoms with Gasteiger partial charge < -0.3 is 9.42 Å². The minimum absolute atomic E-state index is 0.155. The first-order valence-corrected chi connectivity index (χ1v) is 7.17. The number of alkyl halides is 3. The van der Waals surface area contributed by atoms with Gasteiger partial charge in [0.2, 0.25) is 5.82 Å². The van der Waals surface area contributed by atoms with Crippen molar-refractivity contribution in [2.75, 3.05) is 14.1 Å². The maximum atomic E-state index is 12.6. The molecule has 0 saturated carbocycles. The number of amides is 1. The number of aromatic nitrogens is 5. The molecule has 0 radical (unpaired) electrons. The van der Waals surface area contributed by atoms with Gasteiger partial charge in [0.25, 0.3) is 5.91 Å². The van der Waals surface area contributed by atoms with Crippen LogP contribution < -0.4 is 0 Å². The van der Waals surface area contributed by atoms with Gasteiger partial charge in [0.05, 0.1) is 18.1 Å². The van der Waals surface area contributed by atoms with Crippen molar-refractivity contribution in [1.29, 1.82) is 0 Å². The number of carbonyl (C=O) groups is 1. The van der Waals surface area contributed by atoms with Crippen LogP contribution in [0.3, 0.4) is 0 Å². The summed E-state index contributed by atoms with van der Waals surface area (Å²) < 4.78 is 41.9. The molecule has 3 rings (SSSR count). The van der Waals surface area contributed by atoms with Gasteiger partial charge in [-0.05, 0) is 12.1 Å². The first-order chi connectivity index (χ1) is 12.3. The molecule has 0 N–H and O–H groups in total. The van der Waals surface area contributed by atoms with Gasteiger partial charge in [-0.1, -0.05) is 5.16 Å². The largest absolute Gasteiger partial charge is 0.471 e. The first-order valence-electron chi connectivity index (χ1n) is 7.17. The van der Waals surface area contributed by atoms with Crippen molar-refractivity contribution in [1.82, 2.24) is 30.0 Å². The van der Waals surface area contributed by atoms with Crippen LogP contribution in [0, 0.1) is 0 Å². The van der Waals surface area contributed by atoms with Crippen LogP contribution in [0.15, 0.2) is 35.2 Å². The number of pyridine rings is 1. The van der Waals surface area contributed by atoms with E-state index in [-0.39, 0.29) is 23.0 Å². The van der Waals surface area contributed by atoms with E-state index in [9.17, 15) is 18.0 Å². The molecule has 8 nitrogen and oxygen atoms in total. The summed E-state index contributed by atoms with van der Waals surface area (Å²) in [5.41, 5.74) is 1.09. The lowest BCUT2D eigenvalue weighted by Crippen LogP contribution is -2.22. The molecule has 0 bridgehead atoms. The molecule has 11 heteroatoms. The van der Waals surface area contributed by atoms with Crippen LogP contribution in [0.5, 0.6) is 0 Å². The second-order valence-electron chi connectivity index (χ2n) is 5.34. The molecular formula is C15H11F3N6O2. The summed E-state index contributed by atoms with van der Waals surface area (Å²) in [6.45, 7) is 0. The van der Waals surface area contributed by atoms with E-state index in [2.05, 4.69) is 29.6 Å². The molecule has 3 aromatic rings. The molecule has 0 saturated heterocycles. The number of rotatable bonds is 3. The second kappa shape index (κ2) is 6.50. The normalized spacial score (nSPS) is 11.4. The van der Waals surface area contributed by atoms with E-state index in [1.54, 1.807) is 14.1 Å². The summed E-state index contributed by atoms with van der Waals surface area (Å²) in [5, 5.41) is 3.32. The maximum Gasteiger partial charge on any atom is 0.471 e. The molecule has 0 aliphatic carbocycles. The number of hydrogen-bond acceptors (Lipinski definition) is 7. The van der Waals surface area contributed by atoms with Crippen molar-refractivity contribution in [3.8, 4) is 22.8 Å². The quantitative estimate of drug-likeness (QED) is 0.703. The Labute approximate surface area is 144 Å². The fourth-order valence-corrected chi connectivity index (χ4v) is 1.97. The minimum atomic E-state index is -4.72. The number of halogens is 3. The average Bonchev–Trinajstić information content (AvgIpc) is 3.12.